The van der Waals surface area contributed by atoms with Gasteiger partial charge in [-0.2, -0.15) is 0 Å². The van der Waals surface area contributed by atoms with Gasteiger partial charge in [0.2, 0.25) is 17.7 Å². The summed E-state index contributed by atoms with van der Waals surface area (Å²) in [6, 6.07) is 33.8. The Morgan fingerprint density at radius 3 is 2.06 bits per heavy atom. The molecule has 1 saturated carbocycles. The fourth-order valence-corrected chi connectivity index (χ4v) is 8.38. The van der Waals surface area contributed by atoms with Crippen LogP contribution in [0.15, 0.2) is 115 Å². The van der Waals surface area contributed by atoms with Gasteiger partial charge in [-0.25, -0.2) is 0 Å². The normalized spacial score (nSPS) is 20.2. The van der Waals surface area contributed by atoms with E-state index >= 15 is 0 Å². The van der Waals surface area contributed by atoms with Gasteiger partial charge in [-0.3, -0.25) is 19.2 Å². The second-order valence-corrected chi connectivity index (χ2v) is 16.7. The Balaban J connectivity index is 1.14. The summed E-state index contributed by atoms with van der Waals surface area (Å²) in [7, 11) is 0. The molecule has 5 aromatic rings. The standard InChI is InChI=1S/C52H58N4O8/c1-4-61-46-31-44(64-43-26-34(2)25-35(3)27-43)30-40-32-62-42-21-17-36(18-22-42)23-24-53-51(59)45(28-37-11-7-5-8-12-37)55-52(60)49(39-13-9-6-10-14-39)56-47(57)29-38-15-19-41(20-16-38)54-48(58)33-63-50(40)46/h5-14,17-18,21-22,25-27,30-31,38,41,45,49H,4,15-16,19-20,23-24,28-29,32-33H2,1-3H3,(H,53,59)(H,54,58)(H,55,60)(H,56,57)/t38?,41?,45-,49+/m1/s1. The molecule has 1 fully saturated rings. The van der Waals surface area contributed by atoms with Crippen LogP contribution < -0.4 is 40.2 Å². The SMILES string of the molecule is CCOc1cc(Oc2cc(C)cc(C)c2)cc2c1OCC(=O)NC1CCC(CC1)CC(=O)N[C@@H](c1ccccc1)C(=O)N[C@H](Cc1ccccc1)C(=O)NCCc1ccc(cc1)OC2. The highest BCUT2D eigenvalue weighted by atomic mass is 16.5. The third-order valence-corrected chi connectivity index (χ3v) is 11.5. The first kappa shape index (κ1) is 45.2. The van der Waals surface area contributed by atoms with Crippen molar-refractivity contribution in [3.05, 3.63) is 149 Å². The number of amides is 4. The van der Waals surface area contributed by atoms with E-state index in [4.69, 9.17) is 18.9 Å². The Labute approximate surface area is 375 Å². The smallest absolute Gasteiger partial charge is 0.258 e. The number of hydrogen-bond acceptors (Lipinski definition) is 8. The third-order valence-electron chi connectivity index (χ3n) is 11.5. The summed E-state index contributed by atoms with van der Waals surface area (Å²) in [5.41, 5.74) is 5.23. The lowest BCUT2D eigenvalue weighted by Crippen LogP contribution is -2.52. The van der Waals surface area contributed by atoms with Crippen LogP contribution >= 0.6 is 0 Å². The van der Waals surface area contributed by atoms with Crippen LogP contribution in [0.25, 0.3) is 0 Å². The molecular weight excluding hydrogens is 809 g/mol. The van der Waals surface area contributed by atoms with E-state index in [1.165, 1.54) is 0 Å². The molecule has 5 aromatic carbocycles. The fraction of sp³-hybridized carbons (Fsp3) is 0.346. The Morgan fingerprint density at radius 2 is 1.36 bits per heavy atom. The Kier molecular flexibility index (Phi) is 15.5. The average Bonchev–Trinajstić information content (AvgIpc) is 3.28. The molecule has 0 unspecified atom stereocenters. The van der Waals surface area contributed by atoms with Crippen molar-refractivity contribution in [2.24, 2.45) is 5.92 Å². The Bertz CT molecular complexity index is 2340. The van der Waals surface area contributed by atoms with E-state index < -0.39 is 18.0 Å². The van der Waals surface area contributed by atoms with Crippen LogP contribution in [-0.4, -0.2) is 55.5 Å². The topological polar surface area (TPSA) is 153 Å². The molecule has 0 spiro atoms. The molecule has 4 N–H and O–H groups in total. The zero-order valence-electron chi connectivity index (χ0n) is 36.8. The summed E-state index contributed by atoms with van der Waals surface area (Å²) in [6.45, 7) is 6.44. The van der Waals surface area contributed by atoms with Gasteiger partial charge >= 0.3 is 0 Å². The maximum atomic E-state index is 14.1. The van der Waals surface area contributed by atoms with E-state index in [-0.39, 0.29) is 55.7 Å². The zero-order chi connectivity index (χ0) is 44.8. The molecule has 12 heteroatoms. The molecule has 0 saturated heterocycles. The highest BCUT2D eigenvalue weighted by Crippen LogP contribution is 2.39. The quantitative estimate of drug-likeness (QED) is 0.130. The number of benzene rings is 5. The average molecular weight is 867 g/mol. The van der Waals surface area contributed by atoms with E-state index in [2.05, 4.69) is 27.3 Å². The van der Waals surface area contributed by atoms with Gasteiger partial charge in [-0.1, -0.05) is 78.9 Å². The second-order valence-electron chi connectivity index (χ2n) is 16.7. The minimum atomic E-state index is -1.01. The first-order valence-electron chi connectivity index (χ1n) is 22.2. The molecule has 4 amide bonds. The minimum Gasteiger partial charge on any atom is -0.490 e. The van der Waals surface area contributed by atoms with E-state index in [1.54, 1.807) is 18.2 Å². The number of hydrogen-bond donors (Lipinski definition) is 4. The molecule has 12 nitrogen and oxygen atoms in total. The number of ether oxygens (including phenoxy) is 4. The number of aryl methyl sites for hydroxylation is 2. The molecule has 4 aliphatic heterocycles. The summed E-state index contributed by atoms with van der Waals surface area (Å²) in [4.78, 5) is 55.0. The lowest BCUT2D eigenvalue weighted by molar-refractivity contribution is -0.132. The van der Waals surface area contributed by atoms with Gasteiger partial charge in [0.25, 0.3) is 5.91 Å². The van der Waals surface area contributed by atoms with Crippen LogP contribution in [0.2, 0.25) is 0 Å². The molecule has 4 bridgehead atoms. The van der Waals surface area contributed by atoms with Crippen LogP contribution in [-0.2, 0) is 38.6 Å². The molecule has 0 aromatic heterocycles. The van der Waals surface area contributed by atoms with Gasteiger partial charge in [0.15, 0.2) is 18.1 Å². The molecule has 10 rings (SSSR count). The van der Waals surface area contributed by atoms with E-state index in [0.717, 1.165) is 35.1 Å². The number of carbonyl (C=O) groups is 4. The van der Waals surface area contributed by atoms with Gasteiger partial charge in [-0.15, -0.1) is 0 Å². The third kappa shape index (κ3) is 12.9. The number of rotatable bonds is 7. The molecule has 0 radical (unpaired) electrons. The van der Waals surface area contributed by atoms with Crippen LogP contribution in [0.3, 0.4) is 0 Å². The maximum absolute atomic E-state index is 14.1. The lowest BCUT2D eigenvalue weighted by atomic mass is 9.84. The van der Waals surface area contributed by atoms with Crippen molar-refractivity contribution in [2.75, 3.05) is 19.8 Å². The number of nitrogens with one attached hydrogen (secondary N) is 4. The highest BCUT2D eigenvalue weighted by Gasteiger charge is 2.30. The monoisotopic (exact) mass is 866 g/mol. The van der Waals surface area contributed by atoms with Crippen molar-refractivity contribution in [3.8, 4) is 28.7 Å². The molecule has 64 heavy (non-hydrogen) atoms. The number of carbonyl (C=O) groups excluding carboxylic acids is 4. The van der Waals surface area contributed by atoms with E-state index in [0.29, 0.717) is 72.3 Å². The van der Waals surface area contributed by atoms with Crippen LogP contribution in [0.1, 0.15) is 78.5 Å². The van der Waals surface area contributed by atoms with Crippen LogP contribution in [0.5, 0.6) is 28.7 Å². The van der Waals surface area contributed by atoms with Crippen LogP contribution in [0, 0.1) is 19.8 Å². The van der Waals surface area contributed by atoms with Crippen molar-refractivity contribution in [2.45, 2.75) is 90.4 Å². The predicted molar refractivity (Wildman–Crippen MR) is 244 cm³/mol. The predicted octanol–water partition coefficient (Wildman–Crippen LogP) is 7.77. The fourth-order valence-electron chi connectivity index (χ4n) is 8.38. The zero-order valence-corrected chi connectivity index (χ0v) is 36.8. The lowest BCUT2D eigenvalue weighted by Gasteiger charge is -2.29. The molecule has 1 aliphatic carbocycles. The summed E-state index contributed by atoms with van der Waals surface area (Å²) in [6.07, 6.45) is 3.84. The second kappa shape index (κ2) is 22.0. The largest absolute Gasteiger partial charge is 0.490 e. The molecule has 5 aliphatic rings. The molecule has 2 atom stereocenters. The molecule has 334 valence electrons. The van der Waals surface area contributed by atoms with Gasteiger partial charge < -0.3 is 40.2 Å². The van der Waals surface area contributed by atoms with E-state index in [9.17, 15) is 19.2 Å². The Morgan fingerprint density at radius 1 is 0.672 bits per heavy atom. The van der Waals surface area contributed by atoms with Gasteiger partial charge in [0.1, 0.15) is 35.9 Å². The molecular formula is C52H58N4O8. The summed E-state index contributed by atoms with van der Waals surface area (Å²) >= 11 is 0. The van der Waals surface area contributed by atoms with Crippen molar-refractivity contribution in [3.63, 3.8) is 0 Å². The minimum absolute atomic E-state index is 0.0684. The summed E-state index contributed by atoms with van der Waals surface area (Å²) in [5, 5.41) is 12.1. The summed E-state index contributed by atoms with van der Waals surface area (Å²) < 4.78 is 25.0. The van der Waals surface area contributed by atoms with Crippen molar-refractivity contribution in [1.82, 2.24) is 21.3 Å². The highest BCUT2D eigenvalue weighted by molar-refractivity contribution is 5.93. The van der Waals surface area contributed by atoms with Crippen LogP contribution in [0.4, 0.5) is 0 Å². The maximum Gasteiger partial charge on any atom is 0.258 e. The van der Waals surface area contributed by atoms with Gasteiger partial charge in [0, 0.05) is 37.1 Å². The van der Waals surface area contributed by atoms with Gasteiger partial charge in [0.05, 0.1) is 6.61 Å². The van der Waals surface area contributed by atoms with Crippen molar-refractivity contribution >= 4 is 23.6 Å². The molecule has 4 heterocycles. The van der Waals surface area contributed by atoms with Crippen molar-refractivity contribution in [1.29, 1.82) is 0 Å². The Hall–Kier alpha value is -6.82. The first-order chi connectivity index (χ1) is 31.1. The first-order valence-corrected chi connectivity index (χ1v) is 22.2. The summed E-state index contributed by atoms with van der Waals surface area (Å²) in [5.74, 6) is 1.37. The van der Waals surface area contributed by atoms with E-state index in [1.807, 2.05) is 112 Å². The van der Waals surface area contributed by atoms with Gasteiger partial charge in [-0.05, 0) is 117 Å². The van der Waals surface area contributed by atoms with Crippen molar-refractivity contribution < 1.29 is 38.1 Å².